The Bertz CT molecular complexity index is 119. The second kappa shape index (κ2) is 18.3. The molecule has 13 heavy (non-hydrogen) atoms. The number of allylic oxidation sites excluding steroid dienone is 4. The Balaban J connectivity index is -0.000000500. The molecule has 0 aromatic rings. The fraction of sp³-hybridized carbons (Fsp3) is 0.545. The Kier molecular flexibility index (Phi) is 27.0. The molecule has 72 valence electrons. The summed E-state index contributed by atoms with van der Waals surface area (Å²) in [6, 6.07) is 0. The summed E-state index contributed by atoms with van der Waals surface area (Å²) in [5.41, 5.74) is 0. The van der Waals surface area contributed by atoms with E-state index in [1.807, 2.05) is 0 Å². The van der Waals surface area contributed by atoms with E-state index >= 15 is 0 Å². The monoisotopic (exact) mass is 210 g/mol. The molecule has 0 heterocycles. The number of hydrogen-bond donors (Lipinski definition) is 0. The van der Waals surface area contributed by atoms with Gasteiger partial charge in [0.2, 0.25) is 0 Å². The van der Waals surface area contributed by atoms with Crippen LogP contribution in [0.2, 0.25) is 0 Å². The van der Waals surface area contributed by atoms with E-state index in [4.69, 9.17) is 0 Å². The van der Waals surface area contributed by atoms with E-state index in [-0.39, 0.29) is 35.5 Å². The molecular formula is C11H19ClMg. The summed E-state index contributed by atoms with van der Waals surface area (Å²) in [5.74, 6) is 0. The zero-order valence-corrected chi connectivity index (χ0v) is 10.8. The predicted molar refractivity (Wildman–Crippen MR) is 58.2 cm³/mol. The summed E-state index contributed by atoms with van der Waals surface area (Å²) >= 11 is 0. The first-order chi connectivity index (χ1) is 5.41. The molecule has 0 aromatic heterocycles. The molecule has 0 aliphatic heterocycles. The van der Waals surface area contributed by atoms with Crippen molar-refractivity contribution in [2.75, 3.05) is 0 Å². The third kappa shape index (κ3) is 19.1. The number of halogens is 1. The van der Waals surface area contributed by atoms with Gasteiger partial charge in [-0.2, -0.15) is 6.42 Å². The van der Waals surface area contributed by atoms with Gasteiger partial charge < -0.3 is 19.3 Å². The van der Waals surface area contributed by atoms with Crippen molar-refractivity contribution in [3.8, 4) is 0 Å². The molecule has 0 saturated carbocycles. The molecule has 0 atom stereocenters. The van der Waals surface area contributed by atoms with Crippen molar-refractivity contribution in [3.05, 3.63) is 31.2 Å². The van der Waals surface area contributed by atoms with E-state index in [0.29, 0.717) is 0 Å². The maximum Gasteiger partial charge on any atom is 2.00 e. The van der Waals surface area contributed by atoms with Gasteiger partial charge in [0.05, 0.1) is 0 Å². The molecule has 0 aromatic carbocycles. The van der Waals surface area contributed by atoms with Crippen LogP contribution in [0, 0.1) is 6.92 Å². The maximum atomic E-state index is 3.76. The van der Waals surface area contributed by atoms with E-state index in [0.717, 1.165) is 12.8 Å². The van der Waals surface area contributed by atoms with Crippen LogP contribution in [-0.4, -0.2) is 23.1 Å². The second-order valence-electron chi connectivity index (χ2n) is 2.64. The summed E-state index contributed by atoms with van der Waals surface area (Å²) in [4.78, 5) is 0. The summed E-state index contributed by atoms with van der Waals surface area (Å²) in [6.45, 7) is 5.97. The average Bonchev–Trinajstić information content (AvgIpc) is 2.03. The van der Waals surface area contributed by atoms with Crippen molar-refractivity contribution in [2.24, 2.45) is 0 Å². The van der Waals surface area contributed by atoms with Crippen LogP contribution in [0.15, 0.2) is 24.3 Å². The van der Waals surface area contributed by atoms with E-state index in [1.165, 1.54) is 19.3 Å². The van der Waals surface area contributed by atoms with E-state index < -0.39 is 0 Å². The minimum atomic E-state index is 0. The minimum Gasteiger partial charge on any atom is -1.00 e. The Morgan fingerprint density at radius 2 is 1.62 bits per heavy atom. The van der Waals surface area contributed by atoms with Crippen molar-refractivity contribution < 1.29 is 12.4 Å². The van der Waals surface area contributed by atoms with Crippen LogP contribution in [0.1, 0.15) is 39.0 Å². The minimum absolute atomic E-state index is 0. The molecule has 0 nitrogen and oxygen atoms in total. The van der Waals surface area contributed by atoms with E-state index in [9.17, 15) is 0 Å². The Labute approximate surface area is 105 Å². The zero-order chi connectivity index (χ0) is 8.36. The molecule has 2 heteroatoms. The predicted octanol–water partition coefficient (Wildman–Crippen LogP) is 0.526. The Morgan fingerprint density at radius 1 is 1.08 bits per heavy atom. The summed E-state index contributed by atoms with van der Waals surface area (Å²) in [6.07, 6.45) is 14.5. The topological polar surface area (TPSA) is 0 Å². The van der Waals surface area contributed by atoms with E-state index in [2.05, 4.69) is 38.2 Å². The van der Waals surface area contributed by atoms with Crippen molar-refractivity contribution >= 4 is 23.1 Å². The molecule has 0 spiro atoms. The molecule has 0 bridgehead atoms. The van der Waals surface area contributed by atoms with Crippen molar-refractivity contribution in [3.63, 3.8) is 0 Å². The van der Waals surface area contributed by atoms with Gasteiger partial charge in [-0.3, -0.25) is 0 Å². The molecule has 0 rings (SSSR count). The molecule has 0 saturated heterocycles. The standard InChI is InChI=1S/C11H19.ClH.Mg/c1-3-5-7-9-11-10-8-6-4-2;;/h7,9-11H,1,3-6,8H2,2H3;1H;/q-1;;+2/p-1/b9-7+,11-10-;;. The molecule has 0 radical (unpaired) electrons. The van der Waals surface area contributed by atoms with Gasteiger partial charge in [-0.1, -0.05) is 50.5 Å². The molecule has 0 aliphatic rings. The molecule has 0 amide bonds. The third-order valence-corrected chi connectivity index (χ3v) is 1.48. The fourth-order valence-corrected chi connectivity index (χ4v) is 0.789. The van der Waals surface area contributed by atoms with Crippen molar-refractivity contribution in [2.45, 2.75) is 39.0 Å². The average molecular weight is 211 g/mol. The first kappa shape index (κ1) is 19.2. The van der Waals surface area contributed by atoms with Crippen LogP contribution >= 0.6 is 0 Å². The van der Waals surface area contributed by atoms with Gasteiger partial charge >= 0.3 is 23.1 Å². The second-order valence-corrected chi connectivity index (χ2v) is 2.64. The van der Waals surface area contributed by atoms with Gasteiger partial charge in [-0.05, 0) is 6.42 Å². The van der Waals surface area contributed by atoms with Gasteiger partial charge in [0.25, 0.3) is 0 Å². The zero-order valence-electron chi connectivity index (χ0n) is 8.64. The van der Waals surface area contributed by atoms with Crippen molar-refractivity contribution in [1.29, 1.82) is 0 Å². The fourth-order valence-electron chi connectivity index (χ4n) is 0.789. The molecule has 0 N–H and O–H groups in total. The summed E-state index contributed by atoms with van der Waals surface area (Å²) in [5, 5.41) is 0. The number of hydrogen-bond acceptors (Lipinski definition) is 0. The van der Waals surface area contributed by atoms with Crippen LogP contribution in [0.4, 0.5) is 0 Å². The van der Waals surface area contributed by atoms with Gasteiger partial charge in [-0.25, -0.2) is 0 Å². The molecule has 0 unspecified atom stereocenters. The summed E-state index contributed by atoms with van der Waals surface area (Å²) in [7, 11) is 0. The Hall–Kier alpha value is 0.536. The first-order valence-electron chi connectivity index (χ1n) is 4.52. The summed E-state index contributed by atoms with van der Waals surface area (Å²) < 4.78 is 0. The van der Waals surface area contributed by atoms with Gasteiger partial charge in [0.1, 0.15) is 0 Å². The number of unbranched alkanes of at least 4 members (excludes halogenated alkanes) is 3. The molecule has 0 fully saturated rings. The van der Waals surface area contributed by atoms with Crippen LogP contribution < -0.4 is 12.4 Å². The van der Waals surface area contributed by atoms with Crippen LogP contribution in [0.5, 0.6) is 0 Å². The van der Waals surface area contributed by atoms with Crippen LogP contribution in [-0.2, 0) is 0 Å². The first-order valence-corrected chi connectivity index (χ1v) is 4.52. The molecular weight excluding hydrogens is 192 g/mol. The van der Waals surface area contributed by atoms with Crippen LogP contribution in [0.3, 0.4) is 0 Å². The molecule has 0 aliphatic carbocycles. The third-order valence-electron chi connectivity index (χ3n) is 1.48. The quantitative estimate of drug-likeness (QED) is 0.260. The van der Waals surface area contributed by atoms with Gasteiger partial charge in [0.15, 0.2) is 0 Å². The SMILES string of the molecule is [CH2-]CC/C=C/C=C\CCCC.[Cl-].[Mg+2]. The maximum absolute atomic E-state index is 3.76. The van der Waals surface area contributed by atoms with E-state index in [1.54, 1.807) is 0 Å². The van der Waals surface area contributed by atoms with Gasteiger partial charge in [0, 0.05) is 0 Å². The van der Waals surface area contributed by atoms with Crippen molar-refractivity contribution in [1.82, 2.24) is 0 Å². The largest absolute Gasteiger partial charge is 2.00 e. The van der Waals surface area contributed by atoms with Gasteiger partial charge in [-0.15, -0.1) is 0 Å². The smallest absolute Gasteiger partial charge is 1.00 e. The van der Waals surface area contributed by atoms with Crippen LogP contribution in [0.25, 0.3) is 0 Å². The normalized spacial score (nSPS) is 10.0. The number of rotatable bonds is 6. The Morgan fingerprint density at radius 3 is 2.08 bits per heavy atom.